The number of hydrogen-bond donors (Lipinski definition) is 2. The van der Waals surface area contributed by atoms with Crippen LogP contribution in [0.4, 0.5) is 5.69 Å². The van der Waals surface area contributed by atoms with Crippen LogP contribution in [0.15, 0.2) is 17.2 Å². The third-order valence-corrected chi connectivity index (χ3v) is 8.51. The Balaban J connectivity index is 1.71. The van der Waals surface area contributed by atoms with Crippen molar-refractivity contribution in [2.24, 2.45) is 5.73 Å². The second kappa shape index (κ2) is 11.0. The molecular weight excluding hydrogens is 516 g/mol. The number of aromatic nitrogens is 3. The topological polar surface area (TPSA) is 173 Å². The Morgan fingerprint density at radius 2 is 1.79 bits per heavy atom. The number of primary amides is 1. The average Bonchev–Trinajstić information content (AvgIpc) is 3.28. The maximum absolute atomic E-state index is 13.5. The molecule has 38 heavy (non-hydrogen) atoms. The highest BCUT2D eigenvalue weighted by Crippen LogP contribution is 2.28. The van der Waals surface area contributed by atoms with E-state index in [-0.39, 0.29) is 40.0 Å². The van der Waals surface area contributed by atoms with Crippen LogP contribution >= 0.6 is 0 Å². The lowest BCUT2D eigenvalue weighted by Crippen LogP contribution is -2.48. The highest BCUT2D eigenvalue weighted by molar-refractivity contribution is 7.89. The van der Waals surface area contributed by atoms with Crippen LogP contribution in [0.25, 0.3) is 0 Å². The minimum Gasteiger partial charge on any atom is -0.477 e. The lowest BCUT2D eigenvalue weighted by molar-refractivity contribution is 0.0708. The Hall–Kier alpha value is -3.56. The smallest absolute Gasteiger partial charge is 0.274 e. The number of carbonyl (C=O) groups is 3. The van der Waals surface area contributed by atoms with E-state index in [0.29, 0.717) is 45.8 Å². The van der Waals surface area contributed by atoms with Crippen molar-refractivity contribution in [2.75, 3.05) is 57.7 Å². The molecule has 0 spiro atoms. The molecular formula is C23H32N8O6S. The second-order valence-corrected chi connectivity index (χ2v) is 10.7. The molecule has 3 amide bonds. The van der Waals surface area contributed by atoms with E-state index >= 15 is 0 Å². The zero-order valence-electron chi connectivity index (χ0n) is 21.6. The van der Waals surface area contributed by atoms with Gasteiger partial charge < -0.3 is 25.6 Å². The number of sulfonamides is 1. The molecule has 1 fully saturated rings. The summed E-state index contributed by atoms with van der Waals surface area (Å²) < 4.78 is 34.9. The Bertz CT molecular complexity index is 1350. The zero-order valence-corrected chi connectivity index (χ0v) is 22.5. The SMILES string of the molecule is CCOc1ncc(S(=O)(=O)N2CCN(CC)CC2)cc1C(=O)Nc1c(C(N)=O)nn2c1C(=O)N(CC)CC2. The average molecular weight is 549 g/mol. The highest BCUT2D eigenvalue weighted by Gasteiger charge is 2.34. The second-order valence-electron chi connectivity index (χ2n) is 8.79. The van der Waals surface area contributed by atoms with E-state index in [1.165, 1.54) is 15.1 Å². The number of piperazine rings is 1. The third kappa shape index (κ3) is 5.08. The van der Waals surface area contributed by atoms with Crippen molar-refractivity contribution in [3.63, 3.8) is 0 Å². The number of hydrogen-bond acceptors (Lipinski definition) is 9. The summed E-state index contributed by atoms with van der Waals surface area (Å²) in [5.41, 5.74) is 4.92. The fraction of sp³-hybridized carbons (Fsp3) is 0.522. The quantitative estimate of drug-likeness (QED) is 0.431. The molecule has 2 aromatic rings. The number of fused-ring (bicyclic) bond motifs is 1. The number of nitrogens with two attached hydrogens (primary N) is 1. The molecule has 0 radical (unpaired) electrons. The molecule has 15 heteroatoms. The highest BCUT2D eigenvalue weighted by atomic mass is 32.2. The predicted octanol–water partition coefficient (Wildman–Crippen LogP) is -0.170. The van der Waals surface area contributed by atoms with Gasteiger partial charge >= 0.3 is 0 Å². The van der Waals surface area contributed by atoms with Crippen molar-refractivity contribution in [3.05, 3.63) is 29.2 Å². The number of nitrogens with one attached hydrogen (secondary N) is 1. The molecule has 1 saturated heterocycles. The van der Waals surface area contributed by atoms with Gasteiger partial charge in [0, 0.05) is 39.3 Å². The fourth-order valence-corrected chi connectivity index (χ4v) is 5.90. The Kier molecular flexibility index (Phi) is 7.99. The molecule has 3 N–H and O–H groups in total. The van der Waals surface area contributed by atoms with Gasteiger partial charge in [-0.05, 0) is 26.5 Å². The number of likely N-dealkylation sites (N-methyl/N-ethyl adjacent to an activating group) is 2. The van der Waals surface area contributed by atoms with Gasteiger partial charge in [0.1, 0.15) is 16.1 Å². The largest absolute Gasteiger partial charge is 0.477 e. The van der Waals surface area contributed by atoms with E-state index < -0.39 is 27.7 Å². The van der Waals surface area contributed by atoms with Crippen LogP contribution in [-0.4, -0.2) is 107 Å². The van der Waals surface area contributed by atoms with Crippen molar-refractivity contribution < 1.29 is 27.5 Å². The molecule has 0 bridgehead atoms. The first-order chi connectivity index (χ1) is 18.1. The first-order valence-electron chi connectivity index (χ1n) is 12.5. The van der Waals surface area contributed by atoms with Gasteiger partial charge in [-0.2, -0.15) is 9.40 Å². The fourth-order valence-electron chi connectivity index (χ4n) is 4.50. The standard InChI is InChI=1S/C23H32N8O6S/c1-4-28-7-10-30(11-8-28)38(35,36)15-13-16(22(25-14-15)37-6-3)21(33)26-17-18(20(24)32)27-31-12-9-29(5-2)23(34)19(17)31/h13-14H,4-12H2,1-3H3,(H2,24,32)(H,26,33). The minimum absolute atomic E-state index is 0.0174. The van der Waals surface area contributed by atoms with Crippen LogP contribution in [0.5, 0.6) is 5.88 Å². The van der Waals surface area contributed by atoms with E-state index in [1.54, 1.807) is 11.8 Å². The van der Waals surface area contributed by atoms with Crippen molar-refractivity contribution in [1.29, 1.82) is 0 Å². The van der Waals surface area contributed by atoms with Gasteiger partial charge in [-0.15, -0.1) is 0 Å². The number of anilines is 1. The number of pyridine rings is 1. The molecule has 0 aromatic carbocycles. The monoisotopic (exact) mass is 548 g/mol. The van der Waals surface area contributed by atoms with E-state index in [0.717, 1.165) is 12.7 Å². The van der Waals surface area contributed by atoms with Gasteiger partial charge in [0.15, 0.2) is 11.4 Å². The van der Waals surface area contributed by atoms with Crippen molar-refractivity contribution in [3.8, 4) is 5.88 Å². The first kappa shape index (κ1) is 27.5. The molecule has 2 aliphatic heterocycles. The summed E-state index contributed by atoms with van der Waals surface area (Å²) in [5.74, 6) is -2.26. The van der Waals surface area contributed by atoms with E-state index in [2.05, 4.69) is 20.3 Å². The van der Waals surface area contributed by atoms with Crippen LogP contribution in [0.1, 0.15) is 52.1 Å². The number of rotatable bonds is 9. The van der Waals surface area contributed by atoms with E-state index in [4.69, 9.17) is 10.5 Å². The molecule has 0 saturated carbocycles. The number of amides is 3. The van der Waals surface area contributed by atoms with Crippen molar-refractivity contribution >= 4 is 33.4 Å². The number of nitrogens with zero attached hydrogens (tertiary/aromatic N) is 6. The summed E-state index contributed by atoms with van der Waals surface area (Å²) in [4.78, 5) is 46.3. The van der Waals surface area contributed by atoms with Gasteiger partial charge in [-0.3, -0.25) is 19.1 Å². The molecule has 2 aliphatic rings. The lowest BCUT2D eigenvalue weighted by Gasteiger charge is -2.33. The molecule has 4 rings (SSSR count). The zero-order chi connectivity index (χ0) is 27.6. The molecule has 206 valence electrons. The minimum atomic E-state index is -3.94. The predicted molar refractivity (Wildman–Crippen MR) is 137 cm³/mol. The maximum atomic E-state index is 13.5. The summed E-state index contributed by atoms with van der Waals surface area (Å²) in [7, 11) is -3.94. The maximum Gasteiger partial charge on any atom is 0.274 e. The summed E-state index contributed by atoms with van der Waals surface area (Å²) >= 11 is 0. The Labute approximate surface area is 220 Å². The van der Waals surface area contributed by atoms with Crippen LogP contribution in [0.3, 0.4) is 0 Å². The normalized spacial score (nSPS) is 16.8. The van der Waals surface area contributed by atoms with Crippen LogP contribution in [0, 0.1) is 0 Å². The van der Waals surface area contributed by atoms with Crippen LogP contribution < -0.4 is 15.8 Å². The summed E-state index contributed by atoms with van der Waals surface area (Å²) in [6.07, 6.45) is 1.16. The lowest BCUT2D eigenvalue weighted by atomic mass is 10.2. The summed E-state index contributed by atoms with van der Waals surface area (Å²) in [5, 5.41) is 6.69. The van der Waals surface area contributed by atoms with Crippen molar-refractivity contribution in [1.82, 2.24) is 28.9 Å². The molecule has 2 aromatic heterocycles. The van der Waals surface area contributed by atoms with Gasteiger partial charge in [-0.1, -0.05) is 6.92 Å². The summed E-state index contributed by atoms with van der Waals surface area (Å²) in [6, 6.07) is 1.19. The summed E-state index contributed by atoms with van der Waals surface area (Å²) in [6.45, 7) is 9.45. The molecule has 14 nitrogen and oxygen atoms in total. The van der Waals surface area contributed by atoms with Gasteiger partial charge in [0.25, 0.3) is 17.7 Å². The van der Waals surface area contributed by atoms with Crippen LogP contribution in [0.2, 0.25) is 0 Å². The Morgan fingerprint density at radius 1 is 1.08 bits per heavy atom. The van der Waals surface area contributed by atoms with E-state index in [9.17, 15) is 22.8 Å². The van der Waals surface area contributed by atoms with Crippen LogP contribution in [-0.2, 0) is 16.6 Å². The molecule has 0 aliphatic carbocycles. The van der Waals surface area contributed by atoms with E-state index in [1.807, 2.05) is 13.8 Å². The molecule has 4 heterocycles. The van der Waals surface area contributed by atoms with Gasteiger partial charge in [-0.25, -0.2) is 13.4 Å². The van der Waals surface area contributed by atoms with Gasteiger partial charge in [0.05, 0.1) is 19.3 Å². The Morgan fingerprint density at radius 3 is 2.39 bits per heavy atom. The van der Waals surface area contributed by atoms with Crippen molar-refractivity contribution in [2.45, 2.75) is 32.2 Å². The third-order valence-electron chi connectivity index (χ3n) is 6.65. The van der Waals surface area contributed by atoms with Gasteiger partial charge in [0.2, 0.25) is 15.9 Å². The first-order valence-corrected chi connectivity index (χ1v) is 13.9. The number of ether oxygens (including phenoxy) is 1. The number of carbonyl (C=O) groups excluding carboxylic acids is 3. The molecule has 0 atom stereocenters. The molecule has 0 unspecified atom stereocenters.